The smallest absolute Gasteiger partial charge is 0.375 e. The molecular formula is C67H64Cl5IN14O10. The number of rotatable bonds is 11. The van der Waals surface area contributed by atoms with E-state index in [9.17, 15) is 50.1 Å². The maximum absolute atomic E-state index is 11.2. The molecule has 0 radical (unpaired) electrons. The van der Waals surface area contributed by atoms with E-state index in [-0.39, 0.29) is 79.3 Å². The minimum Gasteiger partial charge on any atom is -0.507 e. The number of allylic oxidation sites excluding steroid dienone is 3. The molecule has 0 bridgehead atoms. The number of nitrogens with one attached hydrogen (secondary N) is 4. The highest BCUT2D eigenvalue weighted by molar-refractivity contribution is 14.0. The summed E-state index contributed by atoms with van der Waals surface area (Å²) in [5.74, 6) is 1.20. The Kier molecular flexibility index (Phi) is 26.2. The number of fused-ring (bicyclic) bond motifs is 8. The first kappa shape index (κ1) is 74.9. The SMILES string of the molecule is CC(C)CN1C=NC2=C(Cl)N=C3C=CC=CC3C21.CC(C)CNc1c(N)c(Cl)nc2ccccc12.CC(C)CNc1c([N+](=O)[O-])c(Cl)nc2ccccc12.I.O=[N+]([O-])c1c(Cl)nc2ccccc2c1Cl.O=c1[nH]c2ccccc2c(O)c1[N+](=O)[O-].O=c1cc(O)c2ccccc2[nH]1. The lowest BCUT2D eigenvalue weighted by atomic mass is 9.86. The van der Waals surface area contributed by atoms with Gasteiger partial charge in [-0.3, -0.25) is 39.9 Å². The molecule has 0 saturated carbocycles. The summed E-state index contributed by atoms with van der Waals surface area (Å²) in [4.78, 5) is 80.8. The fourth-order valence-corrected chi connectivity index (χ4v) is 11.4. The number of anilines is 3. The molecule has 7 heterocycles. The van der Waals surface area contributed by atoms with Crippen LogP contribution < -0.4 is 27.5 Å². The predicted molar refractivity (Wildman–Crippen MR) is 400 cm³/mol. The van der Waals surface area contributed by atoms with Gasteiger partial charge in [0, 0.05) is 58.5 Å². The molecule has 30 heteroatoms. The van der Waals surface area contributed by atoms with Gasteiger partial charge < -0.3 is 41.4 Å². The molecule has 1 aliphatic carbocycles. The number of nitrogens with zero attached hydrogens (tertiary/aromatic N) is 9. The summed E-state index contributed by atoms with van der Waals surface area (Å²) in [6.07, 6.45) is 10.2. The number of nitro groups is 3. The number of halogens is 6. The summed E-state index contributed by atoms with van der Waals surface area (Å²) >= 11 is 29.7. The fourth-order valence-electron chi connectivity index (χ4n) is 10.0. The average molecular weight is 1530 g/mol. The summed E-state index contributed by atoms with van der Waals surface area (Å²) in [5, 5.41) is 61.5. The fraction of sp³-hybridized carbons (Fsp3) is 0.209. The predicted octanol–water partition coefficient (Wildman–Crippen LogP) is 16.8. The van der Waals surface area contributed by atoms with Crippen molar-refractivity contribution >= 4 is 183 Å². The molecule has 0 saturated heterocycles. The van der Waals surface area contributed by atoms with Crippen molar-refractivity contribution in [1.29, 1.82) is 0 Å². The Labute approximate surface area is 596 Å². The van der Waals surface area contributed by atoms with Crippen LogP contribution in [0.2, 0.25) is 20.5 Å². The van der Waals surface area contributed by atoms with E-state index >= 15 is 0 Å². The molecule has 504 valence electrons. The molecule has 0 amide bonds. The molecule has 5 aromatic heterocycles. The van der Waals surface area contributed by atoms with Gasteiger partial charge in [-0.2, -0.15) is 0 Å². The van der Waals surface area contributed by atoms with Crippen LogP contribution in [0.5, 0.6) is 11.5 Å². The summed E-state index contributed by atoms with van der Waals surface area (Å²) in [6, 6.07) is 36.7. The quantitative estimate of drug-likeness (QED) is 0.0208. The highest BCUT2D eigenvalue weighted by Gasteiger charge is 2.39. The number of nitrogens with two attached hydrogens (primary N) is 1. The van der Waals surface area contributed by atoms with E-state index < -0.39 is 31.8 Å². The van der Waals surface area contributed by atoms with E-state index in [0.717, 1.165) is 41.1 Å². The second kappa shape index (κ2) is 33.9. The summed E-state index contributed by atoms with van der Waals surface area (Å²) in [7, 11) is 0. The number of hydrogen-bond donors (Lipinski definition) is 7. The minimum absolute atomic E-state index is 0. The standard InChI is InChI=1S/C14H16ClN3.C13H14ClN3O2.C13H16ClN3.C9H4Cl2N2O2.C9H6N2O4.C9H7NO2.HI/c1-9(2)7-18-8-16-12-13(18)10-5-3-4-6-11(10)17-14(12)15;1-8(2)7-15-11-9-5-3-4-6-10(9)16-13(14)12(11)17(18)19;1-8(2)7-16-12-9-5-3-4-6-10(9)17-13(14)11(12)15;10-7-5-3-1-2-4-6(5)12-9(11)8(7)13(14)15;12-8-5-3-1-2-4-6(5)10-9(13)7(8)11(14)15;11-8-5-9(12)10-7-4-2-1-3-6(7)8;/h3-6,8-10,13H,7H2,1-2H3;3-6,8H,7H2,1-2H3,(H,15,16);3-6,8H,7,15H2,1-2H3,(H,16,17);1-4H;1-4H,(H2,10,12,13);1-5H,(H2,10,11,12);1H. The van der Waals surface area contributed by atoms with Gasteiger partial charge in [-0.05, 0) is 66.3 Å². The van der Waals surface area contributed by atoms with Crippen molar-refractivity contribution in [3.8, 4) is 11.5 Å². The van der Waals surface area contributed by atoms with Crippen molar-refractivity contribution in [2.75, 3.05) is 36.0 Å². The summed E-state index contributed by atoms with van der Waals surface area (Å²) in [6.45, 7) is 15.3. The summed E-state index contributed by atoms with van der Waals surface area (Å²) in [5.41, 5.74) is 10.3. The van der Waals surface area contributed by atoms with Gasteiger partial charge in [0.15, 0.2) is 10.3 Å². The topological polar surface area (TPSA) is 352 Å². The van der Waals surface area contributed by atoms with Gasteiger partial charge in [-0.25, -0.2) is 24.9 Å². The monoisotopic (exact) mass is 1530 g/mol. The number of H-pyrrole nitrogens is 2. The Morgan fingerprint density at radius 3 is 1.63 bits per heavy atom. The van der Waals surface area contributed by atoms with Crippen molar-refractivity contribution in [2.24, 2.45) is 33.7 Å². The maximum Gasteiger partial charge on any atom is 0.375 e. The third kappa shape index (κ3) is 18.3. The third-order valence-corrected chi connectivity index (χ3v) is 15.8. The molecule has 13 rings (SSSR count). The van der Waals surface area contributed by atoms with Crippen LogP contribution in [0.4, 0.5) is 34.1 Å². The second-order valence-electron chi connectivity index (χ2n) is 22.8. The second-order valence-corrected chi connectivity index (χ2v) is 24.6. The number of aliphatic imine (C=N–C) groups is 2. The number of aromatic nitrogens is 5. The Balaban J connectivity index is 0.000000165. The molecule has 0 fully saturated rings. The van der Waals surface area contributed by atoms with Crippen LogP contribution in [-0.4, -0.2) is 92.5 Å². The first-order valence-corrected chi connectivity index (χ1v) is 31.5. The van der Waals surface area contributed by atoms with E-state index in [0.29, 0.717) is 84.2 Å². The lowest BCUT2D eigenvalue weighted by Gasteiger charge is -2.34. The van der Waals surface area contributed by atoms with E-state index in [1.165, 1.54) is 12.1 Å². The summed E-state index contributed by atoms with van der Waals surface area (Å²) < 4.78 is 0. The van der Waals surface area contributed by atoms with Gasteiger partial charge in [0.2, 0.25) is 16.1 Å². The molecule has 8 N–H and O–H groups in total. The Morgan fingerprint density at radius 1 is 0.598 bits per heavy atom. The van der Waals surface area contributed by atoms with Gasteiger partial charge in [0.25, 0.3) is 5.56 Å². The zero-order valence-electron chi connectivity index (χ0n) is 52.6. The first-order valence-electron chi connectivity index (χ1n) is 29.6. The number of aromatic hydroxyl groups is 2. The zero-order chi connectivity index (χ0) is 69.7. The lowest BCUT2D eigenvalue weighted by molar-refractivity contribution is -0.387. The molecule has 24 nitrogen and oxygen atoms in total. The van der Waals surface area contributed by atoms with Crippen molar-refractivity contribution in [3.05, 3.63) is 234 Å². The third-order valence-electron chi connectivity index (χ3n) is 14.4. The highest BCUT2D eigenvalue weighted by Crippen LogP contribution is 2.40. The van der Waals surface area contributed by atoms with E-state index in [2.05, 4.69) is 90.3 Å². The highest BCUT2D eigenvalue weighted by atomic mass is 127. The largest absolute Gasteiger partial charge is 0.507 e. The molecule has 3 aliphatic rings. The van der Waals surface area contributed by atoms with Crippen LogP contribution >= 0.6 is 82.0 Å². The molecular weight excluding hydrogens is 1460 g/mol. The number of para-hydroxylation sites is 5. The van der Waals surface area contributed by atoms with Gasteiger partial charge in [0.1, 0.15) is 22.2 Å². The van der Waals surface area contributed by atoms with Crippen LogP contribution in [0.25, 0.3) is 54.5 Å². The minimum atomic E-state index is -0.906. The van der Waals surface area contributed by atoms with Crippen LogP contribution in [0, 0.1) is 54.0 Å². The zero-order valence-corrected chi connectivity index (χ0v) is 58.7. The van der Waals surface area contributed by atoms with Gasteiger partial charge in [0.05, 0.1) is 71.8 Å². The van der Waals surface area contributed by atoms with Crippen LogP contribution in [0.3, 0.4) is 0 Å². The van der Waals surface area contributed by atoms with Crippen LogP contribution in [0.15, 0.2) is 182 Å². The Morgan fingerprint density at radius 2 is 1.07 bits per heavy atom. The number of benzene rings is 5. The van der Waals surface area contributed by atoms with Gasteiger partial charge in [-0.1, -0.05) is 197 Å². The molecule has 2 unspecified atom stereocenters. The molecule has 10 aromatic rings. The average Bonchev–Trinajstić information content (AvgIpc) is 1.61. The Bertz CT molecular complexity index is 4890. The number of aromatic amines is 2. The molecule has 97 heavy (non-hydrogen) atoms. The molecule has 0 spiro atoms. The van der Waals surface area contributed by atoms with Crippen molar-refractivity contribution < 1.29 is 25.0 Å². The van der Waals surface area contributed by atoms with Crippen LogP contribution in [0.1, 0.15) is 41.5 Å². The first-order chi connectivity index (χ1) is 45.7. The van der Waals surface area contributed by atoms with Crippen LogP contribution in [-0.2, 0) is 0 Å². The van der Waals surface area contributed by atoms with Crippen molar-refractivity contribution in [2.45, 2.75) is 47.6 Å². The molecule has 2 atom stereocenters. The molecule has 2 aliphatic heterocycles. The van der Waals surface area contributed by atoms with Crippen molar-refractivity contribution in [1.82, 2.24) is 29.8 Å². The van der Waals surface area contributed by atoms with E-state index in [1.807, 2.05) is 68.7 Å². The van der Waals surface area contributed by atoms with Gasteiger partial charge in [-0.15, -0.1) is 24.0 Å². The maximum atomic E-state index is 11.2. The van der Waals surface area contributed by atoms with E-state index in [1.54, 1.807) is 78.9 Å². The molecule has 5 aromatic carbocycles. The number of pyridine rings is 5. The van der Waals surface area contributed by atoms with Gasteiger partial charge >= 0.3 is 22.6 Å². The number of hydrogen-bond acceptors (Lipinski definition) is 19. The normalized spacial score (nSPS) is 14.0. The van der Waals surface area contributed by atoms with Crippen molar-refractivity contribution in [3.63, 3.8) is 0 Å². The lowest BCUT2D eigenvalue weighted by Crippen LogP contribution is -2.43. The Hall–Kier alpha value is -9.51. The van der Waals surface area contributed by atoms with E-state index in [4.69, 9.17) is 63.7 Å². The number of nitrogen functional groups attached to an aromatic ring is 1.